The van der Waals surface area contributed by atoms with Gasteiger partial charge in [-0.3, -0.25) is 0 Å². The van der Waals surface area contributed by atoms with Gasteiger partial charge in [0.25, 0.3) is 0 Å². The summed E-state index contributed by atoms with van der Waals surface area (Å²) < 4.78 is 5.57. The van der Waals surface area contributed by atoms with E-state index in [1.807, 2.05) is 0 Å². The van der Waals surface area contributed by atoms with Crippen LogP contribution < -0.4 is 0 Å². The number of hydrogen-bond donors (Lipinski definition) is 2. The molecular formula is C10H22BO3P. The maximum absolute atomic E-state index is 9.95. The lowest BCUT2D eigenvalue weighted by atomic mass is 9.82. The summed E-state index contributed by atoms with van der Waals surface area (Å²) in [5.74, 6) is 0. The molecule has 0 aromatic heterocycles. The monoisotopic (exact) mass is 232 g/mol. The first-order valence-corrected chi connectivity index (χ1v) is 8.43. The van der Waals surface area contributed by atoms with Crippen LogP contribution in [0.3, 0.4) is 0 Å². The topological polar surface area (TPSA) is 49.7 Å². The van der Waals surface area contributed by atoms with Gasteiger partial charge in [-0.25, -0.2) is 0 Å². The second kappa shape index (κ2) is 4.25. The predicted octanol–water partition coefficient (Wildman–Crippen LogP) is -0.444. The largest absolute Gasteiger partial charge is 0.387 e. The van der Waals surface area contributed by atoms with Gasteiger partial charge in [0.2, 0.25) is 0 Å². The highest BCUT2D eigenvalue weighted by molar-refractivity contribution is 7.72. The minimum Gasteiger partial charge on any atom is -0.387 e. The van der Waals surface area contributed by atoms with E-state index in [0.717, 1.165) is 12.6 Å². The maximum Gasteiger partial charge on any atom is 0.143 e. The van der Waals surface area contributed by atoms with E-state index < -0.39 is 18.6 Å². The zero-order valence-corrected chi connectivity index (χ0v) is 11.0. The molecule has 0 spiro atoms. The molecule has 0 bridgehead atoms. The number of ether oxygens (including phenoxy) is 1. The summed E-state index contributed by atoms with van der Waals surface area (Å²) in [6.07, 6.45) is 4.87. The Balaban J connectivity index is 2.57. The fourth-order valence-corrected chi connectivity index (χ4v) is 2.75. The molecular weight excluding hydrogens is 210 g/mol. The van der Waals surface area contributed by atoms with Gasteiger partial charge in [-0.15, -0.1) is 13.2 Å². The third-order valence-corrected chi connectivity index (χ3v) is 4.64. The molecule has 88 valence electrons. The van der Waals surface area contributed by atoms with Crippen LogP contribution in [-0.2, 0) is 4.74 Å². The Hall–Kier alpha value is 0.245. The van der Waals surface area contributed by atoms with Crippen LogP contribution in [0.5, 0.6) is 0 Å². The van der Waals surface area contributed by atoms with E-state index in [1.165, 1.54) is 0 Å². The van der Waals surface area contributed by atoms with Gasteiger partial charge in [0.15, 0.2) is 0 Å². The molecule has 0 radical (unpaired) electrons. The number of rotatable bonds is 3. The molecule has 15 heavy (non-hydrogen) atoms. The van der Waals surface area contributed by atoms with Gasteiger partial charge in [0, 0.05) is 0 Å². The van der Waals surface area contributed by atoms with E-state index in [4.69, 9.17) is 4.74 Å². The SMILES string of the molecule is B[C@@H]1OC(CCP(=C)(C)C)[C@@H](O)[C@@]1(C)O. The maximum atomic E-state index is 9.95. The van der Waals surface area contributed by atoms with E-state index in [1.54, 1.807) is 14.8 Å². The normalized spacial score (nSPS) is 42.1. The van der Waals surface area contributed by atoms with E-state index >= 15 is 0 Å². The first-order valence-electron chi connectivity index (χ1n) is 5.38. The van der Waals surface area contributed by atoms with Crippen LogP contribution in [0.4, 0.5) is 0 Å². The average Bonchev–Trinajstić information content (AvgIpc) is 2.25. The fraction of sp³-hybridized carbons (Fsp3) is 0.900. The molecule has 1 saturated heterocycles. The third-order valence-electron chi connectivity index (χ3n) is 3.17. The molecule has 0 amide bonds. The molecule has 1 aliphatic heterocycles. The summed E-state index contributed by atoms with van der Waals surface area (Å²) >= 11 is 0. The standard InChI is InChI=1S/C10H22BO3P/c1-10(13)8(12)7(14-9(10)11)5-6-15(2,3)4/h7-9,12-13H,2,5-6,11H2,1,3-4H3/t7?,8-,9-,10-/m1/s1. The van der Waals surface area contributed by atoms with Crippen molar-refractivity contribution < 1.29 is 14.9 Å². The molecule has 5 heteroatoms. The Morgan fingerprint density at radius 2 is 2.07 bits per heavy atom. The van der Waals surface area contributed by atoms with Crippen molar-refractivity contribution in [2.75, 3.05) is 19.5 Å². The summed E-state index contributed by atoms with van der Waals surface area (Å²) in [6, 6.07) is -0.302. The van der Waals surface area contributed by atoms with Gasteiger partial charge in [-0.05, 0) is 32.8 Å². The minimum absolute atomic E-state index is 0.240. The van der Waals surface area contributed by atoms with E-state index in [9.17, 15) is 10.2 Å². The van der Waals surface area contributed by atoms with Gasteiger partial charge in [0.1, 0.15) is 19.6 Å². The van der Waals surface area contributed by atoms with Crippen LogP contribution in [0.1, 0.15) is 13.3 Å². The summed E-state index contributed by atoms with van der Waals surface area (Å²) in [6.45, 7) is 4.88. The quantitative estimate of drug-likeness (QED) is 0.512. The highest BCUT2D eigenvalue weighted by Crippen LogP contribution is 2.39. The molecule has 1 fully saturated rings. The Labute approximate surface area is 93.2 Å². The van der Waals surface area contributed by atoms with Crippen molar-refractivity contribution in [3.8, 4) is 0 Å². The van der Waals surface area contributed by atoms with Crippen LogP contribution in [0, 0.1) is 0 Å². The average molecular weight is 232 g/mol. The van der Waals surface area contributed by atoms with Crippen molar-refractivity contribution in [1.82, 2.24) is 0 Å². The van der Waals surface area contributed by atoms with E-state index in [0.29, 0.717) is 0 Å². The Morgan fingerprint density at radius 3 is 2.40 bits per heavy atom. The van der Waals surface area contributed by atoms with Gasteiger partial charge >= 0.3 is 0 Å². The van der Waals surface area contributed by atoms with Crippen LogP contribution >= 0.6 is 6.89 Å². The van der Waals surface area contributed by atoms with E-state index in [2.05, 4.69) is 19.6 Å². The van der Waals surface area contributed by atoms with Crippen LogP contribution in [0.15, 0.2) is 0 Å². The lowest BCUT2D eigenvalue weighted by Crippen LogP contribution is -2.45. The Bertz CT molecular complexity index is 274. The zero-order chi connectivity index (χ0) is 11.9. The molecule has 4 atom stereocenters. The summed E-state index contributed by atoms with van der Waals surface area (Å²) in [5, 5.41) is 19.9. The van der Waals surface area contributed by atoms with Gasteiger partial charge in [-0.2, -0.15) is 0 Å². The minimum atomic E-state index is -1.12. The van der Waals surface area contributed by atoms with Gasteiger partial charge in [0.05, 0.1) is 12.1 Å². The highest BCUT2D eigenvalue weighted by Gasteiger charge is 2.48. The van der Waals surface area contributed by atoms with Crippen molar-refractivity contribution in [1.29, 1.82) is 0 Å². The first-order chi connectivity index (χ1) is 6.64. The second-order valence-corrected chi connectivity index (χ2v) is 9.75. The van der Waals surface area contributed by atoms with Crippen LogP contribution in [-0.4, -0.2) is 67.7 Å². The van der Waals surface area contributed by atoms with Crippen LogP contribution in [0.25, 0.3) is 0 Å². The van der Waals surface area contributed by atoms with Crippen molar-refractivity contribution in [3.63, 3.8) is 0 Å². The summed E-state index contributed by atoms with van der Waals surface area (Å²) in [4.78, 5) is 0. The Morgan fingerprint density at radius 1 is 1.53 bits per heavy atom. The molecule has 0 saturated carbocycles. The molecule has 2 N–H and O–H groups in total. The van der Waals surface area contributed by atoms with Crippen molar-refractivity contribution in [2.24, 2.45) is 0 Å². The number of aliphatic hydroxyl groups excluding tert-OH is 1. The molecule has 0 aromatic carbocycles. The lowest BCUT2D eigenvalue weighted by molar-refractivity contribution is -0.0425. The molecule has 0 aliphatic carbocycles. The number of aliphatic hydroxyl groups is 2. The molecule has 1 rings (SSSR count). The second-order valence-electron chi connectivity index (χ2n) is 5.44. The summed E-state index contributed by atoms with van der Waals surface area (Å²) in [7, 11) is 1.80. The Kier molecular flexibility index (Phi) is 3.77. The smallest absolute Gasteiger partial charge is 0.143 e. The van der Waals surface area contributed by atoms with E-state index in [-0.39, 0.29) is 12.1 Å². The molecule has 0 aromatic rings. The molecule has 3 nitrogen and oxygen atoms in total. The predicted molar refractivity (Wildman–Crippen MR) is 69.2 cm³/mol. The number of hydrogen-bond acceptors (Lipinski definition) is 3. The van der Waals surface area contributed by atoms with Gasteiger partial charge < -0.3 is 14.9 Å². The lowest BCUT2D eigenvalue weighted by Gasteiger charge is -2.24. The molecule has 1 unspecified atom stereocenters. The zero-order valence-electron chi connectivity index (χ0n) is 10.1. The van der Waals surface area contributed by atoms with Crippen molar-refractivity contribution in [2.45, 2.75) is 37.2 Å². The first kappa shape index (κ1) is 13.3. The van der Waals surface area contributed by atoms with Gasteiger partial charge in [-0.1, -0.05) is 0 Å². The molecule has 1 aliphatic rings. The highest BCUT2D eigenvalue weighted by atomic mass is 31.2. The third kappa shape index (κ3) is 3.10. The van der Waals surface area contributed by atoms with Crippen LogP contribution in [0.2, 0.25) is 0 Å². The molecule has 1 heterocycles. The fourth-order valence-electron chi connectivity index (χ4n) is 1.79. The summed E-state index contributed by atoms with van der Waals surface area (Å²) in [5.41, 5.74) is -1.12. The van der Waals surface area contributed by atoms with Crippen molar-refractivity contribution in [3.05, 3.63) is 0 Å². The van der Waals surface area contributed by atoms with Crippen molar-refractivity contribution >= 4 is 21.0 Å².